The zero-order valence-electron chi connectivity index (χ0n) is 75.8. The summed E-state index contributed by atoms with van der Waals surface area (Å²) >= 11 is 13.1. The van der Waals surface area contributed by atoms with Gasteiger partial charge in [0, 0.05) is 93.6 Å². The fraction of sp³-hybridized carbons (Fsp3) is 0.505. The molecule has 6 aromatic rings. The number of rotatable bonds is 12. The molecule has 126 heavy (non-hydrogen) atoms. The van der Waals surface area contributed by atoms with Crippen LogP contribution in [-0.4, -0.2) is 175 Å². The summed E-state index contributed by atoms with van der Waals surface area (Å²) in [4.78, 5) is 94.1. The van der Waals surface area contributed by atoms with Crippen molar-refractivity contribution >= 4 is 201 Å². The Morgan fingerprint density at radius 3 is 1.14 bits per heavy atom. The van der Waals surface area contributed by atoms with E-state index in [2.05, 4.69) is 225 Å². The van der Waals surface area contributed by atoms with Crippen LogP contribution in [0.2, 0.25) is 0 Å². The third-order valence-electron chi connectivity index (χ3n) is 23.6. The second kappa shape index (κ2) is 50.9. The van der Waals surface area contributed by atoms with Crippen molar-refractivity contribution in [3.8, 4) is 59.2 Å². The number of aromatic amines is 1. The molecule has 18 nitrogen and oxygen atoms in total. The lowest BCUT2D eigenvalue weighted by Gasteiger charge is -2.47. The van der Waals surface area contributed by atoms with Crippen LogP contribution in [-0.2, 0) is 37.8 Å². The Hall–Kier alpha value is -5.54. The largest absolute Gasteiger partial charge is 0.477 e. The molecule has 3 aromatic carbocycles. The number of para-hydroxylation sites is 3. The van der Waals surface area contributed by atoms with E-state index in [4.69, 9.17) is 21.8 Å². The fourth-order valence-corrected chi connectivity index (χ4v) is 24.5. The van der Waals surface area contributed by atoms with E-state index in [-0.39, 0.29) is 109 Å². The number of thioether (sulfide) groups is 2. The maximum Gasteiger partial charge on any atom is 0.353 e. The van der Waals surface area contributed by atoms with Crippen LogP contribution in [0.4, 0.5) is 0 Å². The van der Waals surface area contributed by atoms with E-state index in [1.807, 2.05) is 156 Å². The standard InChI is InChI=1S/C20H19N2O3PS2.C20H21N2OPS2.C13H19NO2P2.C13H18NO2P.C11H18NOP.C7H5NS2.C4H7OP.3C2H6.CH4/c1-10-12(17(19(24)25)22-16(10)15(11(2)26)18(22)23)6-5-9-27-20-21-13-7-3-4-8-14(13)28-20;1-11-14(12(2)22-18(11)17(13(3)24)19(22)23)7-6-10-25-20-21-15-8-4-5-9-16(15)26-20;1-7-10(5-4-6-16-18)8(2)14-12(7)11(9(3)17)13(14)15;1-7-10(5-4-6-15)8(2)14-12(7)11(9(3)17)13(14)16;1-5-6(2)10-9(8(4)14)11(13)12(10)7(5)3;9-7-8-5-3-1-2-4-6(5)10-7;1-2-3-4-5-6;3*1-2;/h3-4,7-8,10-11,15-16H,9,26H2,1-2H3,(H,24,25);4-5,8-9,11,13,17-18H,10,24H2,1-3H3;7,9,11-12H,6,17-18H2,1-3H3;7,9,11-12,15H,6,17H2,1-3H3;6,8-10H,14H2,1-4H3;1-4H,(H,8,9);4,6H2,1H3;3*1-2H3;1H4/t10-,11?,15?,16?;11-,13+,17+,18+;7-,9?,11?,12?;7-,9+,11+,12+;6-,8+,9+,10+;;;;;;/m00000....../s1. The Balaban J connectivity index is 0.000000232. The van der Waals surface area contributed by atoms with Gasteiger partial charge in [0.25, 0.3) is 0 Å². The number of H-pyrrole nitrogens is 1. The first kappa shape index (κ1) is 109. The van der Waals surface area contributed by atoms with Crippen LogP contribution in [0.5, 0.6) is 0 Å². The summed E-state index contributed by atoms with van der Waals surface area (Å²) in [5.74, 6) is 32.8. The molecule has 10 aliphatic rings. The highest BCUT2D eigenvalue weighted by atomic mass is 32.2. The van der Waals surface area contributed by atoms with Gasteiger partial charge in [-0.25, -0.2) is 14.8 Å². The van der Waals surface area contributed by atoms with Crippen molar-refractivity contribution in [2.75, 3.05) is 31.3 Å². The van der Waals surface area contributed by atoms with E-state index in [1.165, 1.54) is 25.6 Å². The fourth-order valence-electron chi connectivity index (χ4n) is 17.6. The molecule has 5 fully saturated rings. The number of carbonyl (C=O) groups is 6. The maximum absolute atomic E-state index is 12.4. The van der Waals surface area contributed by atoms with E-state index in [9.17, 15) is 33.9 Å². The molecule has 5 saturated heterocycles. The van der Waals surface area contributed by atoms with Crippen LogP contribution in [0.25, 0.3) is 30.6 Å². The Labute approximate surface area is 791 Å². The molecule has 0 saturated carbocycles. The zero-order chi connectivity index (χ0) is 93.0. The van der Waals surface area contributed by atoms with Gasteiger partial charge in [-0.2, -0.15) is 0 Å². The lowest BCUT2D eigenvalue weighted by Crippen LogP contribution is -2.62. The van der Waals surface area contributed by atoms with Gasteiger partial charge in [-0.15, -0.1) is 86.1 Å². The van der Waals surface area contributed by atoms with Gasteiger partial charge in [-0.05, 0) is 124 Å². The summed E-state index contributed by atoms with van der Waals surface area (Å²) in [6.07, 6.45) is 0. The number of amides is 5. The number of aliphatic carboxylic acids is 1. The van der Waals surface area contributed by atoms with Crippen molar-refractivity contribution in [3.05, 3.63) is 133 Å². The Kier molecular flexibility index (Phi) is 44.1. The Bertz CT molecular complexity index is 5380. The molecule has 13 heterocycles. The molecule has 31 heteroatoms. The normalized spacial score (nSPS) is 25.3. The number of benzene rings is 3. The minimum atomic E-state index is -1.08. The van der Waals surface area contributed by atoms with Crippen molar-refractivity contribution in [3.63, 3.8) is 0 Å². The molecule has 680 valence electrons. The molecule has 16 rings (SSSR count). The highest BCUT2D eigenvalue weighted by molar-refractivity contribution is 8.01. The number of hydrogen-bond acceptors (Lipinski definition) is 17. The van der Waals surface area contributed by atoms with Gasteiger partial charge in [-0.1, -0.05) is 231 Å². The quantitative estimate of drug-likeness (QED) is 0.0341. The van der Waals surface area contributed by atoms with E-state index >= 15 is 0 Å². The average Bonchev–Trinajstić information content (AvgIpc) is 1.59. The maximum atomic E-state index is 12.4. The topological polar surface area (TPSA) is 219 Å². The lowest BCUT2D eigenvalue weighted by molar-refractivity contribution is -0.156. The van der Waals surface area contributed by atoms with Gasteiger partial charge in [-0.3, -0.25) is 24.0 Å². The molecule has 10 aliphatic heterocycles. The molecule has 5 amide bonds. The van der Waals surface area contributed by atoms with Crippen LogP contribution in [0.1, 0.15) is 160 Å². The third-order valence-corrected chi connectivity index (χ3v) is 31.3. The number of β-lactam (4-membered cyclic amide) rings is 5. The second-order valence-corrected chi connectivity index (χ2v) is 43.2. The summed E-state index contributed by atoms with van der Waals surface area (Å²) < 4.78 is 15.8. The minimum absolute atomic E-state index is 0. The van der Waals surface area contributed by atoms with Crippen molar-refractivity contribution in [2.45, 2.75) is 227 Å². The molecule has 0 spiro atoms. The number of carbonyl (C=O) groups excluding carboxylic acids is 5. The number of aliphatic hydroxyl groups is 1. The number of nitrogens with one attached hydrogen (secondary N) is 1. The Morgan fingerprint density at radius 1 is 0.476 bits per heavy atom. The number of hydrogen-bond donors (Lipinski definition) is 3. The van der Waals surface area contributed by atoms with Crippen LogP contribution in [0.3, 0.4) is 0 Å². The van der Waals surface area contributed by atoms with Crippen LogP contribution >= 0.6 is 135 Å². The van der Waals surface area contributed by atoms with Gasteiger partial charge in [0.15, 0.2) is 12.6 Å². The summed E-state index contributed by atoms with van der Waals surface area (Å²) in [5.41, 5.74) is 14.0. The van der Waals surface area contributed by atoms with Crippen molar-refractivity contribution in [1.82, 2.24) is 39.5 Å². The first-order valence-corrected chi connectivity index (χ1v) is 51.6. The summed E-state index contributed by atoms with van der Waals surface area (Å²) in [7, 11) is 18.0. The predicted molar refractivity (Wildman–Crippen MR) is 555 cm³/mol. The number of carboxylic acids is 1. The average molecular weight is 1950 g/mol. The number of carboxylic acid groups (broad SMARTS) is 1. The molecule has 0 bridgehead atoms. The van der Waals surface area contributed by atoms with E-state index in [0.717, 1.165) is 67.7 Å². The van der Waals surface area contributed by atoms with E-state index < -0.39 is 5.97 Å². The lowest BCUT2D eigenvalue weighted by atomic mass is 9.79. The second-order valence-electron chi connectivity index (χ2n) is 31.1. The molecular weight excluding hydrogens is 1820 g/mol. The SMILES string of the molecule is C.CC.CC.CC.CC#CCOP.CC(P)C1C(=O)N2C(C(=O)O)=C(C#CCSc3nc4ccccc4s3)[C@H](C)C12.CC1=C(C#CCO)[C@H](C)[C@@H]2[C@@H]([C@@H](C)P)C(=O)N12.CC1=C(C#CCOP)[C@H](C)C2C(C(C)P)C(=O)N12.CC1=C(C#CCSc2nc3ccccc3s2)[C@H](C)[C@@H]2[C@@H]([C@@H](C)P)C(=O)N12.CC1=C(C)N2C(=O)[C@H]([C@@H](C)P)[C@H]2[C@H]1C.S=c1[nH]c2ccccc2s1. The number of thiazole rings is 3. The minimum Gasteiger partial charge on any atom is -0.477 e. The highest BCUT2D eigenvalue weighted by Gasteiger charge is 2.61. The monoisotopic (exact) mass is 1950 g/mol. The highest BCUT2D eigenvalue weighted by Crippen LogP contribution is 2.53. The molecule has 3 N–H and O–H groups in total. The van der Waals surface area contributed by atoms with Crippen molar-refractivity contribution in [2.24, 2.45) is 59.2 Å². The van der Waals surface area contributed by atoms with Gasteiger partial charge < -0.3 is 48.7 Å². The number of nitrogens with zero attached hydrogens (tertiary/aromatic N) is 7. The molecule has 0 aliphatic carbocycles. The molecule has 0 radical (unpaired) electrons. The first-order valence-electron chi connectivity index (χ1n) is 42.5. The third kappa shape index (κ3) is 23.9. The number of aromatic nitrogens is 3. The van der Waals surface area contributed by atoms with Gasteiger partial charge in [0.05, 0.1) is 102 Å². The Morgan fingerprint density at radius 2 is 0.794 bits per heavy atom. The predicted octanol–water partition coefficient (Wildman–Crippen LogP) is 20.2. The van der Waals surface area contributed by atoms with E-state index in [1.54, 1.807) is 64.5 Å². The number of aliphatic hydroxyl groups excluding tert-OH is 1. The number of fused-ring (bicyclic) bond motifs is 8. The van der Waals surface area contributed by atoms with Crippen LogP contribution in [0, 0.1) is 122 Å². The van der Waals surface area contributed by atoms with Crippen LogP contribution < -0.4 is 0 Å². The summed E-state index contributed by atoms with van der Waals surface area (Å²) in [6.45, 7) is 45.7. The number of allylic oxidation sites excluding steroid dienone is 4. The molecular formula is C95H129N8O10P7S6. The molecule has 27 atom stereocenters. The molecule has 13 unspecified atom stereocenters. The van der Waals surface area contributed by atoms with Gasteiger partial charge in [0.1, 0.15) is 25.5 Å². The summed E-state index contributed by atoms with van der Waals surface area (Å²) in [5, 5.41) is 18.4. The van der Waals surface area contributed by atoms with Gasteiger partial charge in [0.2, 0.25) is 29.5 Å². The summed E-state index contributed by atoms with van der Waals surface area (Å²) in [6, 6.07) is 25.5. The van der Waals surface area contributed by atoms with Crippen molar-refractivity contribution in [1.29, 1.82) is 0 Å². The van der Waals surface area contributed by atoms with Crippen LogP contribution in [0.15, 0.2) is 138 Å². The smallest absolute Gasteiger partial charge is 0.353 e. The molecule has 3 aromatic heterocycles. The first-order chi connectivity index (χ1) is 59.6. The van der Waals surface area contributed by atoms with Gasteiger partial charge >= 0.3 is 5.97 Å². The van der Waals surface area contributed by atoms with Crippen molar-refractivity contribution < 1.29 is 48.0 Å². The van der Waals surface area contributed by atoms with E-state index in [0.29, 0.717) is 88.7 Å². The zero-order valence-corrected chi connectivity index (χ0v) is 88.8.